The van der Waals surface area contributed by atoms with E-state index in [1.165, 1.54) is 0 Å². The molecule has 1 aliphatic heterocycles. The molecule has 1 fully saturated rings. The van der Waals surface area contributed by atoms with Crippen molar-refractivity contribution in [2.24, 2.45) is 17.3 Å². The maximum atomic E-state index is 11.9. The Morgan fingerprint density at radius 2 is 1.54 bits per heavy atom. The number of nitrogens with zero attached hydrogens (tertiary/aromatic N) is 1. The first-order valence-corrected chi connectivity index (χ1v) is 10.1. The van der Waals surface area contributed by atoms with Crippen LogP contribution in [-0.2, 0) is 14.3 Å². The van der Waals surface area contributed by atoms with Crippen LogP contribution in [0.3, 0.4) is 0 Å². The summed E-state index contributed by atoms with van der Waals surface area (Å²) < 4.78 is 5.42. The Labute approximate surface area is 161 Å². The lowest BCUT2D eigenvalue weighted by atomic mass is 9.64. The second-order valence-electron chi connectivity index (χ2n) is 10.6. The van der Waals surface area contributed by atoms with Crippen LogP contribution in [0.15, 0.2) is 0 Å². The highest BCUT2D eigenvalue weighted by molar-refractivity contribution is 5.84. The molecule has 0 aromatic carbocycles. The Hall–Kier alpha value is -0.900. The molecule has 1 rings (SSSR count). The number of rotatable bonds is 7. The Bertz CT molecular complexity index is 482. The van der Waals surface area contributed by atoms with E-state index < -0.39 is 0 Å². The molecule has 0 bridgehead atoms. The monoisotopic (exact) mass is 367 g/mol. The van der Waals surface area contributed by atoms with Crippen LogP contribution in [0.1, 0.15) is 88.0 Å². The van der Waals surface area contributed by atoms with Gasteiger partial charge in [-0.2, -0.15) is 0 Å². The third-order valence-corrected chi connectivity index (χ3v) is 5.98. The second-order valence-corrected chi connectivity index (χ2v) is 10.6. The van der Waals surface area contributed by atoms with Gasteiger partial charge in [-0.1, -0.05) is 34.6 Å². The standard InChI is InChI=1S/C22H41NO3/c1-16(2)18(24)10-11-19(25)26-13-12-23-21(6,7)14-17(20(3,4)5)15-22(23,8)9/h16-17H,10-15H2,1-9H3. The summed E-state index contributed by atoms with van der Waals surface area (Å²) in [5.74, 6) is 0.509. The summed E-state index contributed by atoms with van der Waals surface area (Å²) in [6, 6.07) is 0. The minimum absolute atomic E-state index is 0.0199. The minimum atomic E-state index is -0.265. The Morgan fingerprint density at radius 1 is 1.04 bits per heavy atom. The number of ether oxygens (including phenoxy) is 1. The molecule has 0 unspecified atom stereocenters. The van der Waals surface area contributed by atoms with E-state index in [4.69, 9.17) is 4.74 Å². The molecular weight excluding hydrogens is 326 g/mol. The number of esters is 1. The molecule has 0 radical (unpaired) electrons. The number of carbonyl (C=O) groups is 2. The zero-order valence-electron chi connectivity index (χ0n) is 18.6. The first kappa shape index (κ1) is 23.1. The van der Waals surface area contributed by atoms with Crippen molar-refractivity contribution in [1.82, 2.24) is 4.90 Å². The van der Waals surface area contributed by atoms with Crippen LogP contribution < -0.4 is 0 Å². The molecule has 0 spiro atoms. The Morgan fingerprint density at radius 3 is 1.96 bits per heavy atom. The number of likely N-dealkylation sites (tertiary alicyclic amines) is 1. The third kappa shape index (κ3) is 6.37. The second kappa shape index (κ2) is 8.41. The molecule has 0 aliphatic carbocycles. The Kier molecular flexibility index (Phi) is 7.49. The molecule has 0 atom stereocenters. The van der Waals surface area contributed by atoms with Gasteiger partial charge in [0.1, 0.15) is 12.4 Å². The van der Waals surface area contributed by atoms with Crippen LogP contribution in [0.2, 0.25) is 0 Å². The van der Waals surface area contributed by atoms with Gasteiger partial charge >= 0.3 is 5.97 Å². The number of piperidine rings is 1. The predicted molar refractivity (Wildman–Crippen MR) is 107 cm³/mol. The zero-order valence-corrected chi connectivity index (χ0v) is 18.6. The summed E-state index contributed by atoms with van der Waals surface area (Å²) >= 11 is 0. The highest BCUT2D eigenvalue weighted by atomic mass is 16.5. The van der Waals surface area contributed by atoms with Gasteiger partial charge in [0, 0.05) is 30.0 Å². The molecule has 1 aliphatic rings. The molecular formula is C22H41NO3. The number of Topliss-reactive ketones (excluding diaryl/α,β-unsaturated/α-hetero) is 1. The van der Waals surface area contributed by atoms with Gasteiger partial charge in [-0.25, -0.2) is 0 Å². The summed E-state index contributed by atoms with van der Waals surface area (Å²) in [7, 11) is 0. The summed E-state index contributed by atoms with van der Waals surface area (Å²) in [4.78, 5) is 26.1. The van der Waals surface area contributed by atoms with Crippen molar-refractivity contribution in [1.29, 1.82) is 0 Å². The molecule has 26 heavy (non-hydrogen) atoms. The number of hydrogen-bond donors (Lipinski definition) is 0. The summed E-state index contributed by atoms with van der Waals surface area (Å²) in [5, 5.41) is 0. The largest absolute Gasteiger partial charge is 0.464 e. The van der Waals surface area contributed by atoms with Crippen LogP contribution in [-0.4, -0.2) is 40.9 Å². The van der Waals surface area contributed by atoms with E-state index in [2.05, 4.69) is 53.4 Å². The molecule has 1 heterocycles. The van der Waals surface area contributed by atoms with E-state index in [9.17, 15) is 9.59 Å². The summed E-state index contributed by atoms with van der Waals surface area (Å²) in [5.41, 5.74) is 0.440. The van der Waals surface area contributed by atoms with Crippen LogP contribution in [0.25, 0.3) is 0 Å². The summed E-state index contributed by atoms with van der Waals surface area (Å²) in [6.45, 7) is 21.1. The van der Waals surface area contributed by atoms with Crippen LogP contribution in [0.4, 0.5) is 0 Å². The van der Waals surface area contributed by atoms with Gasteiger partial charge in [-0.05, 0) is 51.9 Å². The molecule has 0 aromatic heterocycles. The predicted octanol–water partition coefficient (Wildman–Crippen LogP) is 4.85. The lowest BCUT2D eigenvalue weighted by Crippen LogP contribution is -2.62. The van der Waals surface area contributed by atoms with Crippen molar-refractivity contribution in [3.05, 3.63) is 0 Å². The molecule has 0 N–H and O–H groups in total. The van der Waals surface area contributed by atoms with Gasteiger partial charge in [-0.15, -0.1) is 0 Å². The molecule has 4 heteroatoms. The van der Waals surface area contributed by atoms with E-state index in [0.29, 0.717) is 17.9 Å². The smallest absolute Gasteiger partial charge is 0.306 e. The number of carbonyl (C=O) groups excluding carboxylic acids is 2. The fourth-order valence-electron chi connectivity index (χ4n) is 4.37. The van der Waals surface area contributed by atoms with Crippen LogP contribution in [0.5, 0.6) is 0 Å². The zero-order chi connectivity index (χ0) is 20.3. The van der Waals surface area contributed by atoms with Gasteiger partial charge in [-0.3, -0.25) is 14.5 Å². The average Bonchev–Trinajstić information content (AvgIpc) is 2.45. The fraction of sp³-hybridized carbons (Fsp3) is 0.909. The van der Waals surface area contributed by atoms with Gasteiger partial charge in [0.15, 0.2) is 0 Å². The molecule has 0 aromatic rings. The van der Waals surface area contributed by atoms with Crippen molar-refractivity contribution in [3.63, 3.8) is 0 Å². The summed E-state index contributed by atoms with van der Waals surface area (Å²) in [6.07, 6.45) is 2.77. The highest BCUT2D eigenvalue weighted by Crippen LogP contribution is 2.47. The SMILES string of the molecule is CC(C)C(=O)CCC(=O)OCCN1C(C)(C)CC(C(C)(C)C)CC1(C)C. The van der Waals surface area contributed by atoms with Crippen LogP contribution >= 0.6 is 0 Å². The van der Waals surface area contributed by atoms with Gasteiger partial charge in [0.05, 0.1) is 6.42 Å². The third-order valence-electron chi connectivity index (χ3n) is 5.98. The maximum Gasteiger partial charge on any atom is 0.306 e. The lowest BCUT2D eigenvalue weighted by molar-refractivity contribution is -0.148. The van der Waals surface area contributed by atoms with E-state index in [1.807, 2.05) is 13.8 Å². The first-order chi connectivity index (χ1) is 11.7. The Balaban J connectivity index is 2.58. The van der Waals surface area contributed by atoms with Crippen molar-refractivity contribution < 1.29 is 14.3 Å². The average molecular weight is 368 g/mol. The topological polar surface area (TPSA) is 46.6 Å². The van der Waals surface area contributed by atoms with E-state index >= 15 is 0 Å². The normalized spacial score (nSPS) is 21.0. The molecule has 0 amide bonds. The van der Waals surface area contributed by atoms with Crippen molar-refractivity contribution in [2.45, 2.75) is 99.1 Å². The van der Waals surface area contributed by atoms with Gasteiger partial charge < -0.3 is 4.74 Å². The lowest BCUT2D eigenvalue weighted by Gasteiger charge is -2.57. The number of ketones is 1. The quantitative estimate of drug-likeness (QED) is 0.603. The molecule has 1 saturated heterocycles. The van der Waals surface area contributed by atoms with Crippen molar-refractivity contribution in [3.8, 4) is 0 Å². The molecule has 152 valence electrons. The molecule has 4 nitrogen and oxygen atoms in total. The first-order valence-electron chi connectivity index (χ1n) is 10.1. The van der Waals surface area contributed by atoms with Gasteiger partial charge in [0.25, 0.3) is 0 Å². The van der Waals surface area contributed by atoms with E-state index in [-0.39, 0.29) is 41.6 Å². The van der Waals surface area contributed by atoms with Crippen molar-refractivity contribution in [2.75, 3.05) is 13.2 Å². The van der Waals surface area contributed by atoms with Crippen molar-refractivity contribution >= 4 is 11.8 Å². The maximum absolute atomic E-state index is 11.9. The minimum Gasteiger partial charge on any atom is -0.464 e. The molecule has 0 saturated carbocycles. The van der Waals surface area contributed by atoms with E-state index in [0.717, 1.165) is 19.4 Å². The van der Waals surface area contributed by atoms with E-state index in [1.54, 1.807) is 0 Å². The van der Waals surface area contributed by atoms with Crippen LogP contribution in [0, 0.1) is 17.3 Å². The number of hydrogen-bond acceptors (Lipinski definition) is 4. The fourth-order valence-corrected chi connectivity index (χ4v) is 4.37. The highest BCUT2D eigenvalue weighted by Gasteiger charge is 2.47. The van der Waals surface area contributed by atoms with Gasteiger partial charge in [0.2, 0.25) is 0 Å².